The lowest BCUT2D eigenvalue weighted by Crippen LogP contribution is -2.17. The summed E-state index contributed by atoms with van der Waals surface area (Å²) in [5, 5.41) is 13.4. The molecule has 0 aromatic heterocycles. The van der Waals surface area contributed by atoms with Crippen LogP contribution in [0.15, 0.2) is 29.4 Å². The number of hydrogen-bond acceptors (Lipinski definition) is 2. The van der Waals surface area contributed by atoms with Gasteiger partial charge in [-0.1, -0.05) is 29.4 Å². The summed E-state index contributed by atoms with van der Waals surface area (Å²) in [7, 11) is 0. The molecular weight excluding hydrogens is 166 g/mol. The fraction of sp³-hybridized carbons (Fsp3) is 0.333. The number of aliphatic hydroxyl groups is 1. The number of nitrogens with zero attached hydrogens (tertiary/aromatic N) is 3. The highest BCUT2D eigenvalue weighted by molar-refractivity contribution is 5.36. The molecule has 1 aromatic carbocycles. The Morgan fingerprint density at radius 1 is 1.46 bits per heavy atom. The molecule has 0 spiro atoms. The van der Waals surface area contributed by atoms with E-state index in [-0.39, 0.29) is 0 Å². The van der Waals surface area contributed by atoms with E-state index in [1.54, 1.807) is 6.07 Å². The van der Waals surface area contributed by atoms with E-state index in [9.17, 15) is 5.11 Å². The summed E-state index contributed by atoms with van der Waals surface area (Å²) in [5.41, 5.74) is 8.81. The molecule has 0 saturated carbocycles. The van der Waals surface area contributed by atoms with E-state index in [1.807, 2.05) is 18.2 Å². The van der Waals surface area contributed by atoms with Crippen molar-refractivity contribution in [2.24, 2.45) is 5.11 Å². The van der Waals surface area contributed by atoms with Crippen LogP contribution in [-0.4, -0.2) is 5.11 Å². The molecule has 1 aliphatic rings. The van der Waals surface area contributed by atoms with E-state index in [2.05, 4.69) is 10.0 Å². The van der Waals surface area contributed by atoms with Crippen molar-refractivity contribution in [1.82, 2.24) is 0 Å². The first-order valence-electron chi connectivity index (χ1n) is 4.13. The van der Waals surface area contributed by atoms with Crippen molar-refractivity contribution in [3.8, 4) is 0 Å². The van der Waals surface area contributed by atoms with Crippen molar-refractivity contribution in [2.75, 3.05) is 0 Å². The van der Waals surface area contributed by atoms with Crippen LogP contribution in [0.2, 0.25) is 0 Å². The minimum Gasteiger partial charge on any atom is -0.379 e. The number of azide groups is 1. The summed E-state index contributed by atoms with van der Waals surface area (Å²) in [6.45, 7) is 0. The topological polar surface area (TPSA) is 69.0 Å². The third-order valence-corrected chi connectivity index (χ3v) is 2.40. The second-order valence-corrected chi connectivity index (χ2v) is 3.16. The van der Waals surface area contributed by atoms with Crippen LogP contribution in [0.5, 0.6) is 0 Å². The van der Waals surface area contributed by atoms with Crippen molar-refractivity contribution >= 4 is 0 Å². The lowest BCUT2D eigenvalue weighted by molar-refractivity contribution is 0.0462. The molecule has 0 aliphatic heterocycles. The molecule has 0 fully saturated rings. The van der Waals surface area contributed by atoms with Crippen LogP contribution in [0.1, 0.15) is 17.5 Å². The van der Waals surface area contributed by atoms with Crippen LogP contribution in [0.25, 0.3) is 10.4 Å². The Morgan fingerprint density at radius 3 is 3.00 bits per heavy atom. The molecule has 0 heterocycles. The van der Waals surface area contributed by atoms with Crippen LogP contribution in [-0.2, 0) is 12.1 Å². The van der Waals surface area contributed by atoms with Crippen LogP contribution in [0, 0.1) is 0 Å². The van der Waals surface area contributed by atoms with Crippen molar-refractivity contribution in [3.63, 3.8) is 0 Å². The Morgan fingerprint density at radius 2 is 2.23 bits per heavy atom. The fourth-order valence-corrected chi connectivity index (χ4v) is 1.75. The highest BCUT2D eigenvalue weighted by Crippen LogP contribution is 2.37. The molecule has 66 valence electrons. The molecule has 0 saturated heterocycles. The smallest absolute Gasteiger partial charge is 0.169 e. The average Bonchev–Trinajstić information content (AvgIpc) is 2.46. The van der Waals surface area contributed by atoms with E-state index in [0.29, 0.717) is 6.42 Å². The molecule has 1 N–H and O–H groups in total. The molecule has 4 nitrogen and oxygen atoms in total. The normalized spacial score (nSPS) is 25.0. The van der Waals surface area contributed by atoms with Gasteiger partial charge in [-0.25, -0.2) is 0 Å². The predicted octanol–water partition coefficient (Wildman–Crippen LogP) is 2.09. The third kappa shape index (κ3) is 1.16. The van der Waals surface area contributed by atoms with Gasteiger partial charge in [-0.3, -0.25) is 0 Å². The summed E-state index contributed by atoms with van der Waals surface area (Å²) in [6.07, 6.45) is 1.25. The molecule has 1 aromatic rings. The lowest BCUT2D eigenvalue weighted by atomic mass is 10.1. The van der Waals surface area contributed by atoms with E-state index >= 15 is 0 Å². The first kappa shape index (κ1) is 8.10. The Kier molecular flexibility index (Phi) is 1.72. The van der Waals surface area contributed by atoms with Gasteiger partial charge < -0.3 is 5.11 Å². The third-order valence-electron chi connectivity index (χ3n) is 2.40. The molecule has 2 rings (SSSR count). The first-order valence-corrected chi connectivity index (χ1v) is 4.13. The maximum Gasteiger partial charge on any atom is 0.169 e. The van der Waals surface area contributed by atoms with E-state index < -0.39 is 5.72 Å². The van der Waals surface area contributed by atoms with Gasteiger partial charge in [-0.15, -0.1) is 0 Å². The zero-order valence-electron chi connectivity index (χ0n) is 7.01. The molecule has 0 radical (unpaired) electrons. The van der Waals surface area contributed by atoms with Crippen molar-refractivity contribution in [2.45, 2.75) is 18.6 Å². The summed E-state index contributed by atoms with van der Waals surface area (Å²) in [5.74, 6) is 0. The second kappa shape index (κ2) is 2.76. The van der Waals surface area contributed by atoms with Gasteiger partial charge in [-0.05, 0) is 29.5 Å². The molecule has 0 amide bonds. The Bertz CT molecular complexity index is 384. The molecule has 0 bridgehead atoms. The predicted molar refractivity (Wildman–Crippen MR) is 47.8 cm³/mol. The van der Waals surface area contributed by atoms with Gasteiger partial charge in [-0.2, -0.15) is 0 Å². The van der Waals surface area contributed by atoms with E-state index in [1.165, 1.54) is 0 Å². The van der Waals surface area contributed by atoms with Crippen LogP contribution in [0.3, 0.4) is 0 Å². The maximum absolute atomic E-state index is 9.92. The minimum absolute atomic E-state index is 0.483. The summed E-state index contributed by atoms with van der Waals surface area (Å²) >= 11 is 0. The van der Waals surface area contributed by atoms with Crippen molar-refractivity contribution < 1.29 is 5.11 Å². The largest absolute Gasteiger partial charge is 0.379 e. The number of hydrogen-bond donors (Lipinski definition) is 1. The number of rotatable bonds is 1. The second-order valence-electron chi connectivity index (χ2n) is 3.16. The zero-order chi connectivity index (χ0) is 9.31. The maximum atomic E-state index is 9.92. The Labute approximate surface area is 75.4 Å². The van der Waals surface area contributed by atoms with Crippen LogP contribution < -0.4 is 0 Å². The molecule has 1 unspecified atom stereocenters. The van der Waals surface area contributed by atoms with Crippen LogP contribution >= 0.6 is 0 Å². The molecule has 1 aliphatic carbocycles. The van der Waals surface area contributed by atoms with Gasteiger partial charge in [0.1, 0.15) is 0 Å². The quantitative estimate of drug-likeness (QED) is 0.396. The van der Waals surface area contributed by atoms with Gasteiger partial charge in [0.25, 0.3) is 0 Å². The average molecular weight is 175 g/mol. The summed E-state index contributed by atoms with van der Waals surface area (Å²) in [6, 6.07) is 7.50. The summed E-state index contributed by atoms with van der Waals surface area (Å²) in [4.78, 5) is 2.66. The Balaban J connectivity index is 2.54. The monoisotopic (exact) mass is 175 g/mol. The highest BCUT2D eigenvalue weighted by atomic mass is 16.3. The molecule has 13 heavy (non-hydrogen) atoms. The highest BCUT2D eigenvalue weighted by Gasteiger charge is 2.35. The fourth-order valence-electron chi connectivity index (χ4n) is 1.75. The SMILES string of the molecule is [N-]=[N+]=NC1(O)CCc2ccccc21. The summed E-state index contributed by atoms with van der Waals surface area (Å²) < 4.78 is 0. The van der Waals surface area contributed by atoms with Crippen molar-refractivity contribution in [3.05, 3.63) is 45.8 Å². The van der Waals surface area contributed by atoms with E-state index in [0.717, 1.165) is 17.5 Å². The zero-order valence-corrected chi connectivity index (χ0v) is 7.01. The molecular formula is C9H9N3O. The van der Waals surface area contributed by atoms with E-state index in [4.69, 9.17) is 5.53 Å². The number of aryl methyl sites for hydroxylation is 1. The van der Waals surface area contributed by atoms with Gasteiger partial charge in [0.15, 0.2) is 5.72 Å². The first-order chi connectivity index (χ1) is 6.26. The van der Waals surface area contributed by atoms with Gasteiger partial charge >= 0.3 is 0 Å². The van der Waals surface area contributed by atoms with Gasteiger partial charge in [0.05, 0.1) is 0 Å². The van der Waals surface area contributed by atoms with Crippen molar-refractivity contribution in [1.29, 1.82) is 0 Å². The lowest BCUT2D eigenvalue weighted by Gasteiger charge is -2.16. The molecule has 1 atom stereocenters. The Hall–Kier alpha value is -1.51. The number of benzene rings is 1. The standard InChI is InChI=1S/C9H9N3O/c10-12-11-9(13)6-5-7-3-1-2-4-8(7)9/h1-4,13H,5-6H2. The molecule has 4 heteroatoms. The van der Waals surface area contributed by atoms with Gasteiger partial charge in [0, 0.05) is 4.91 Å². The minimum atomic E-state index is -1.31. The van der Waals surface area contributed by atoms with Crippen LogP contribution in [0.4, 0.5) is 0 Å². The van der Waals surface area contributed by atoms with Gasteiger partial charge in [0.2, 0.25) is 0 Å². The number of fused-ring (bicyclic) bond motifs is 1.